The lowest BCUT2D eigenvalue weighted by atomic mass is 10.0. The van der Waals surface area contributed by atoms with Crippen LogP contribution < -0.4 is 15.2 Å². The first-order valence-electron chi connectivity index (χ1n) is 4.73. The van der Waals surface area contributed by atoms with E-state index in [2.05, 4.69) is 15.0 Å². The lowest BCUT2D eigenvalue weighted by Gasteiger charge is -2.27. The van der Waals surface area contributed by atoms with Crippen molar-refractivity contribution in [1.82, 2.24) is 10.3 Å². The van der Waals surface area contributed by atoms with Gasteiger partial charge in [-0.1, -0.05) is 6.07 Å². The predicted octanol–water partition coefficient (Wildman–Crippen LogP) is 0.851. The van der Waals surface area contributed by atoms with E-state index in [1.165, 1.54) is 32.0 Å². The molecule has 7 heteroatoms. The predicted molar refractivity (Wildman–Crippen MR) is 52.4 cm³/mol. The zero-order valence-electron chi connectivity index (χ0n) is 9.24. The van der Waals surface area contributed by atoms with Gasteiger partial charge in [-0.25, -0.2) is 4.98 Å². The molecule has 0 aliphatic carbocycles. The van der Waals surface area contributed by atoms with Crippen LogP contribution in [0.2, 0.25) is 0 Å². The maximum absolute atomic E-state index is 12.0. The Kier molecular flexibility index (Phi) is 3.82. The lowest BCUT2D eigenvalue weighted by molar-refractivity contribution is -0.253. The maximum Gasteiger partial charge on any atom is 0.388 e. The second-order valence-corrected chi connectivity index (χ2v) is 3.78. The Morgan fingerprint density at radius 1 is 1.53 bits per heavy atom. The van der Waals surface area contributed by atoms with Crippen molar-refractivity contribution in [2.45, 2.75) is 26.0 Å². The molecule has 0 fully saturated rings. The van der Waals surface area contributed by atoms with Crippen LogP contribution in [0.3, 0.4) is 0 Å². The fourth-order valence-electron chi connectivity index (χ4n) is 1.24. The number of halogens is 2. The van der Waals surface area contributed by atoms with E-state index in [0.717, 1.165) is 0 Å². The summed E-state index contributed by atoms with van der Waals surface area (Å²) < 4.78 is 28.1. The summed E-state index contributed by atoms with van der Waals surface area (Å²) in [5.74, 6) is -0.272. The van der Waals surface area contributed by atoms with Gasteiger partial charge in [0.1, 0.15) is 6.09 Å². The number of hydrogen-bond donors (Lipinski definition) is 1. The smallest absolute Gasteiger partial charge is 0.388 e. The van der Waals surface area contributed by atoms with Crippen molar-refractivity contribution in [3.63, 3.8) is 0 Å². The van der Waals surface area contributed by atoms with Crippen LogP contribution in [0.15, 0.2) is 18.2 Å². The van der Waals surface area contributed by atoms with Gasteiger partial charge in [-0.2, -0.15) is 8.78 Å². The molecule has 0 bridgehead atoms. The highest BCUT2D eigenvalue weighted by molar-refractivity contribution is 5.63. The molecule has 1 aromatic heterocycles. The van der Waals surface area contributed by atoms with Gasteiger partial charge in [0.15, 0.2) is 0 Å². The van der Waals surface area contributed by atoms with Gasteiger partial charge < -0.3 is 20.0 Å². The van der Waals surface area contributed by atoms with E-state index in [1.54, 1.807) is 0 Å². The van der Waals surface area contributed by atoms with E-state index in [4.69, 9.17) is 0 Å². The van der Waals surface area contributed by atoms with E-state index in [0.29, 0.717) is 0 Å². The van der Waals surface area contributed by atoms with Crippen molar-refractivity contribution in [3.8, 4) is 5.88 Å². The first-order valence-corrected chi connectivity index (χ1v) is 4.73. The average Bonchev–Trinajstić information content (AvgIpc) is 2.15. The van der Waals surface area contributed by atoms with Crippen LogP contribution in [0.4, 0.5) is 13.6 Å². The molecule has 0 radical (unpaired) electrons. The highest BCUT2D eigenvalue weighted by Crippen LogP contribution is 2.20. The highest BCUT2D eigenvalue weighted by atomic mass is 19.3. The summed E-state index contributed by atoms with van der Waals surface area (Å²) in [4.78, 5) is 14.2. The lowest BCUT2D eigenvalue weighted by Crippen LogP contribution is -2.48. The molecule has 0 aromatic carbocycles. The standard InChI is InChI=1S/C10H12F2N2O3/c1-10(2,14-9(15)16)6-4-3-5-7(13-6)17-8(11)12/h3-5,8,14H,1-2H3,(H,15,16)/p-1. The Morgan fingerprint density at radius 3 is 2.71 bits per heavy atom. The maximum atomic E-state index is 12.0. The van der Waals surface area contributed by atoms with Crippen LogP contribution in [0, 0.1) is 0 Å². The normalized spacial score (nSPS) is 11.4. The number of rotatable bonds is 4. The highest BCUT2D eigenvalue weighted by Gasteiger charge is 2.22. The minimum atomic E-state index is -2.98. The largest absolute Gasteiger partial charge is 0.530 e. The molecule has 1 amide bonds. The molecule has 0 unspecified atom stereocenters. The molecule has 0 saturated heterocycles. The fourth-order valence-corrected chi connectivity index (χ4v) is 1.24. The van der Waals surface area contributed by atoms with E-state index < -0.39 is 18.2 Å². The molecular weight excluding hydrogens is 234 g/mol. The van der Waals surface area contributed by atoms with Crippen molar-refractivity contribution < 1.29 is 23.4 Å². The molecule has 5 nitrogen and oxygen atoms in total. The molecule has 0 aliphatic heterocycles. The molecule has 1 rings (SSSR count). The number of amides is 1. The summed E-state index contributed by atoms with van der Waals surface area (Å²) in [6.45, 7) is 0.0733. The molecule has 1 N–H and O–H groups in total. The number of nitrogens with zero attached hydrogens (tertiary/aromatic N) is 1. The van der Waals surface area contributed by atoms with E-state index >= 15 is 0 Å². The Balaban J connectivity index is 2.94. The monoisotopic (exact) mass is 245 g/mol. The average molecular weight is 245 g/mol. The summed E-state index contributed by atoms with van der Waals surface area (Å²) in [6.07, 6.45) is -1.48. The third-order valence-corrected chi connectivity index (χ3v) is 1.99. The molecule has 1 heterocycles. The molecule has 0 spiro atoms. The number of ether oxygens (including phenoxy) is 1. The van der Waals surface area contributed by atoms with Gasteiger partial charge in [-0.05, 0) is 19.9 Å². The molecule has 94 valence electrons. The summed E-state index contributed by atoms with van der Waals surface area (Å²) >= 11 is 0. The summed E-state index contributed by atoms with van der Waals surface area (Å²) in [6, 6.07) is 4.19. The molecule has 0 atom stereocenters. The van der Waals surface area contributed by atoms with Gasteiger partial charge in [0.2, 0.25) is 5.88 Å². The fraction of sp³-hybridized carbons (Fsp3) is 0.400. The molecule has 17 heavy (non-hydrogen) atoms. The molecule has 0 saturated carbocycles. The summed E-state index contributed by atoms with van der Waals surface area (Å²) in [7, 11) is 0. The zero-order valence-corrected chi connectivity index (χ0v) is 9.24. The van der Waals surface area contributed by atoms with Crippen LogP contribution in [-0.4, -0.2) is 17.7 Å². The number of carboxylic acid groups (broad SMARTS) is 1. The van der Waals surface area contributed by atoms with Crippen LogP contribution in [0.1, 0.15) is 19.5 Å². The van der Waals surface area contributed by atoms with Gasteiger partial charge in [-0.3, -0.25) is 0 Å². The number of pyridine rings is 1. The van der Waals surface area contributed by atoms with Gasteiger partial charge in [0, 0.05) is 6.07 Å². The second kappa shape index (κ2) is 4.94. The van der Waals surface area contributed by atoms with Gasteiger partial charge >= 0.3 is 6.61 Å². The van der Waals surface area contributed by atoms with Gasteiger partial charge in [-0.15, -0.1) is 0 Å². The quantitative estimate of drug-likeness (QED) is 0.853. The van der Waals surface area contributed by atoms with Crippen LogP contribution in [0.25, 0.3) is 0 Å². The third kappa shape index (κ3) is 3.86. The van der Waals surface area contributed by atoms with Crippen molar-refractivity contribution >= 4 is 6.09 Å². The van der Waals surface area contributed by atoms with Crippen molar-refractivity contribution in [2.24, 2.45) is 0 Å². The SMILES string of the molecule is CC(C)(NC(=O)[O-])c1cccc(OC(F)F)n1. The second-order valence-electron chi connectivity index (χ2n) is 3.78. The first-order chi connectivity index (χ1) is 7.81. The Hall–Kier alpha value is -1.92. The Morgan fingerprint density at radius 2 is 2.18 bits per heavy atom. The number of aromatic nitrogens is 1. The number of carbonyl (C=O) groups excluding carboxylic acids is 1. The minimum absolute atomic E-state index is 0.250. The van der Waals surface area contributed by atoms with Crippen molar-refractivity contribution in [2.75, 3.05) is 0 Å². The Labute approximate surface area is 96.4 Å². The van der Waals surface area contributed by atoms with Crippen molar-refractivity contribution in [1.29, 1.82) is 0 Å². The van der Waals surface area contributed by atoms with Crippen LogP contribution >= 0.6 is 0 Å². The summed E-state index contributed by atoms with van der Waals surface area (Å²) in [5.41, 5.74) is -0.805. The first kappa shape index (κ1) is 13.1. The summed E-state index contributed by atoms with van der Waals surface area (Å²) in [5, 5.41) is 12.6. The van der Waals surface area contributed by atoms with Crippen LogP contribution in [0.5, 0.6) is 5.88 Å². The molecule has 1 aromatic rings. The van der Waals surface area contributed by atoms with Crippen LogP contribution in [-0.2, 0) is 5.54 Å². The molecular formula is C10H11F2N2O3-. The Bertz CT molecular complexity index is 410. The number of carbonyl (C=O) groups is 1. The number of nitrogens with one attached hydrogen (secondary N) is 1. The van der Waals surface area contributed by atoms with E-state index in [9.17, 15) is 18.7 Å². The van der Waals surface area contributed by atoms with E-state index in [1.807, 2.05) is 0 Å². The van der Waals surface area contributed by atoms with Crippen molar-refractivity contribution in [3.05, 3.63) is 23.9 Å². The third-order valence-electron chi connectivity index (χ3n) is 1.99. The van der Waals surface area contributed by atoms with Gasteiger partial charge in [0.25, 0.3) is 0 Å². The zero-order chi connectivity index (χ0) is 13.1. The number of hydrogen-bond acceptors (Lipinski definition) is 4. The topological polar surface area (TPSA) is 74.3 Å². The molecule has 0 aliphatic rings. The van der Waals surface area contributed by atoms with E-state index in [-0.39, 0.29) is 11.6 Å². The van der Waals surface area contributed by atoms with Gasteiger partial charge in [0.05, 0.1) is 11.2 Å². The minimum Gasteiger partial charge on any atom is -0.530 e. The number of alkyl halides is 2.